The molecule has 102 valence electrons. The molecule has 2 heterocycles. The van der Waals surface area contributed by atoms with Crippen molar-refractivity contribution < 1.29 is 14.3 Å². The Morgan fingerprint density at radius 2 is 2.32 bits per heavy atom. The first-order valence-corrected chi connectivity index (χ1v) is 6.85. The van der Waals surface area contributed by atoms with Crippen LogP contribution in [0.1, 0.15) is 23.6 Å². The van der Waals surface area contributed by atoms with Gasteiger partial charge >= 0.3 is 5.97 Å². The SMILES string of the molecule is Cc1ccc(CN(C)c2nc(CCC(=O)O)cs2)o1. The molecule has 0 fully saturated rings. The number of anilines is 1. The lowest BCUT2D eigenvalue weighted by molar-refractivity contribution is -0.136. The number of carboxylic acids is 1. The van der Waals surface area contributed by atoms with Crippen LogP contribution in [0.2, 0.25) is 0 Å². The Morgan fingerprint density at radius 3 is 2.95 bits per heavy atom. The standard InChI is InChI=1S/C13H16N2O3S/c1-9-3-5-11(18-9)7-15(2)13-14-10(8-19-13)4-6-12(16)17/h3,5,8H,4,6-7H2,1-2H3,(H,16,17). The van der Waals surface area contributed by atoms with Gasteiger partial charge in [-0.15, -0.1) is 11.3 Å². The lowest BCUT2D eigenvalue weighted by atomic mass is 10.2. The summed E-state index contributed by atoms with van der Waals surface area (Å²) in [5.41, 5.74) is 0.824. The lowest BCUT2D eigenvalue weighted by Gasteiger charge is -2.13. The van der Waals surface area contributed by atoms with Gasteiger partial charge < -0.3 is 14.4 Å². The number of furan rings is 1. The maximum absolute atomic E-state index is 10.5. The molecule has 19 heavy (non-hydrogen) atoms. The number of hydrogen-bond acceptors (Lipinski definition) is 5. The zero-order chi connectivity index (χ0) is 13.8. The van der Waals surface area contributed by atoms with Crippen LogP contribution in [0.5, 0.6) is 0 Å². The van der Waals surface area contributed by atoms with Crippen LogP contribution in [0.25, 0.3) is 0 Å². The molecule has 0 amide bonds. The van der Waals surface area contributed by atoms with Gasteiger partial charge in [0.2, 0.25) is 0 Å². The minimum atomic E-state index is -0.797. The number of hydrogen-bond donors (Lipinski definition) is 1. The zero-order valence-electron chi connectivity index (χ0n) is 10.9. The fourth-order valence-electron chi connectivity index (χ4n) is 1.69. The van der Waals surface area contributed by atoms with Crippen LogP contribution in [0.4, 0.5) is 5.13 Å². The summed E-state index contributed by atoms with van der Waals surface area (Å²) in [6, 6.07) is 3.88. The van der Waals surface area contributed by atoms with Crippen molar-refractivity contribution in [3.63, 3.8) is 0 Å². The van der Waals surface area contributed by atoms with Crippen LogP contribution in [-0.4, -0.2) is 23.1 Å². The maximum atomic E-state index is 10.5. The molecule has 0 atom stereocenters. The Labute approximate surface area is 115 Å². The Morgan fingerprint density at radius 1 is 1.53 bits per heavy atom. The second-order valence-electron chi connectivity index (χ2n) is 4.38. The fraction of sp³-hybridized carbons (Fsp3) is 0.385. The molecule has 0 spiro atoms. The molecule has 0 bridgehead atoms. The predicted molar refractivity (Wildman–Crippen MR) is 73.6 cm³/mol. The first-order chi connectivity index (χ1) is 9.04. The van der Waals surface area contributed by atoms with Crippen molar-refractivity contribution in [3.05, 3.63) is 34.7 Å². The van der Waals surface area contributed by atoms with E-state index in [9.17, 15) is 4.79 Å². The summed E-state index contributed by atoms with van der Waals surface area (Å²) < 4.78 is 5.52. The van der Waals surface area contributed by atoms with Crippen LogP contribution in [-0.2, 0) is 17.8 Å². The van der Waals surface area contributed by atoms with E-state index in [1.165, 1.54) is 11.3 Å². The average Bonchev–Trinajstić information content (AvgIpc) is 2.95. The summed E-state index contributed by atoms with van der Waals surface area (Å²) in [4.78, 5) is 16.9. The molecule has 2 aromatic rings. The van der Waals surface area contributed by atoms with Crippen LogP contribution < -0.4 is 4.90 Å². The summed E-state index contributed by atoms with van der Waals surface area (Å²) in [6.07, 6.45) is 0.587. The van der Waals surface area contributed by atoms with E-state index >= 15 is 0 Å². The quantitative estimate of drug-likeness (QED) is 0.881. The largest absolute Gasteiger partial charge is 0.481 e. The van der Waals surface area contributed by atoms with Gasteiger partial charge in [0.1, 0.15) is 11.5 Å². The number of aliphatic carboxylic acids is 1. The number of aromatic nitrogens is 1. The third-order valence-corrected chi connectivity index (χ3v) is 3.65. The summed E-state index contributed by atoms with van der Waals surface area (Å²) in [7, 11) is 1.94. The number of carboxylic acid groups (broad SMARTS) is 1. The summed E-state index contributed by atoms with van der Waals surface area (Å²) in [6.45, 7) is 2.57. The molecule has 0 radical (unpaired) electrons. The molecule has 5 nitrogen and oxygen atoms in total. The second kappa shape index (κ2) is 5.88. The number of nitrogens with zero attached hydrogens (tertiary/aromatic N) is 2. The highest BCUT2D eigenvalue weighted by Gasteiger charge is 2.10. The smallest absolute Gasteiger partial charge is 0.303 e. The topological polar surface area (TPSA) is 66.6 Å². The minimum absolute atomic E-state index is 0.115. The van der Waals surface area contributed by atoms with E-state index in [0.29, 0.717) is 13.0 Å². The normalized spacial score (nSPS) is 10.6. The lowest BCUT2D eigenvalue weighted by Crippen LogP contribution is -2.15. The zero-order valence-corrected chi connectivity index (χ0v) is 11.7. The second-order valence-corrected chi connectivity index (χ2v) is 5.22. The molecule has 2 rings (SSSR count). The monoisotopic (exact) mass is 280 g/mol. The van der Waals surface area contributed by atoms with E-state index in [2.05, 4.69) is 4.98 Å². The molecule has 0 saturated carbocycles. The van der Waals surface area contributed by atoms with E-state index in [4.69, 9.17) is 9.52 Å². The molecule has 0 unspecified atom stereocenters. The summed E-state index contributed by atoms with van der Waals surface area (Å²) in [5.74, 6) is 0.987. The van der Waals surface area contributed by atoms with Gasteiger partial charge in [-0.2, -0.15) is 0 Å². The van der Waals surface area contributed by atoms with E-state index in [0.717, 1.165) is 22.3 Å². The molecule has 0 saturated heterocycles. The summed E-state index contributed by atoms with van der Waals surface area (Å²) >= 11 is 1.52. The van der Waals surface area contributed by atoms with E-state index in [-0.39, 0.29) is 6.42 Å². The van der Waals surface area contributed by atoms with Crippen molar-refractivity contribution >= 4 is 22.4 Å². The molecule has 6 heteroatoms. The molecule has 1 N–H and O–H groups in total. The third kappa shape index (κ3) is 3.82. The van der Waals surface area contributed by atoms with Gasteiger partial charge in [0.25, 0.3) is 0 Å². The van der Waals surface area contributed by atoms with Gasteiger partial charge in [-0.1, -0.05) is 0 Å². The van der Waals surface area contributed by atoms with Crippen molar-refractivity contribution in [2.24, 2.45) is 0 Å². The van der Waals surface area contributed by atoms with Crippen molar-refractivity contribution in [2.75, 3.05) is 11.9 Å². The van der Waals surface area contributed by atoms with Crippen LogP contribution in [0, 0.1) is 6.92 Å². The predicted octanol–water partition coefficient (Wildman–Crippen LogP) is 2.70. The van der Waals surface area contributed by atoms with E-state index in [1.54, 1.807) is 0 Å². The first kappa shape index (κ1) is 13.6. The van der Waals surface area contributed by atoms with E-state index < -0.39 is 5.97 Å². The Kier molecular flexibility index (Phi) is 4.21. The minimum Gasteiger partial charge on any atom is -0.481 e. The third-order valence-electron chi connectivity index (χ3n) is 2.65. The average molecular weight is 280 g/mol. The number of thiazole rings is 1. The molecular weight excluding hydrogens is 264 g/mol. The van der Waals surface area contributed by atoms with E-state index in [1.807, 2.05) is 36.4 Å². The van der Waals surface area contributed by atoms with Gasteiger partial charge in [-0.3, -0.25) is 4.79 Å². The molecule has 0 aliphatic carbocycles. The van der Waals surface area contributed by atoms with Gasteiger partial charge in [-0.25, -0.2) is 4.98 Å². The molecule has 0 aromatic carbocycles. The van der Waals surface area contributed by atoms with Crippen molar-refractivity contribution in [1.29, 1.82) is 0 Å². The van der Waals surface area contributed by atoms with Gasteiger partial charge in [0.05, 0.1) is 18.7 Å². The fourth-order valence-corrected chi connectivity index (χ4v) is 2.52. The van der Waals surface area contributed by atoms with Gasteiger partial charge in [0, 0.05) is 18.8 Å². The molecule has 0 aliphatic rings. The highest BCUT2D eigenvalue weighted by atomic mass is 32.1. The molecule has 2 aromatic heterocycles. The number of aryl methyl sites for hydroxylation is 2. The maximum Gasteiger partial charge on any atom is 0.303 e. The summed E-state index contributed by atoms with van der Waals surface area (Å²) in [5, 5.41) is 11.4. The highest BCUT2D eigenvalue weighted by Crippen LogP contribution is 2.22. The van der Waals surface area contributed by atoms with Gasteiger partial charge in [-0.05, 0) is 19.1 Å². The van der Waals surface area contributed by atoms with Crippen molar-refractivity contribution in [3.8, 4) is 0 Å². The molecule has 0 aliphatic heterocycles. The first-order valence-electron chi connectivity index (χ1n) is 5.97. The van der Waals surface area contributed by atoms with Gasteiger partial charge in [0.15, 0.2) is 5.13 Å². The van der Waals surface area contributed by atoms with Crippen LogP contribution in [0.3, 0.4) is 0 Å². The highest BCUT2D eigenvalue weighted by molar-refractivity contribution is 7.13. The Bertz CT molecular complexity index is 562. The number of rotatable bonds is 6. The van der Waals surface area contributed by atoms with Crippen molar-refractivity contribution in [2.45, 2.75) is 26.3 Å². The Balaban J connectivity index is 1.95. The Hall–Kier alpha value is -1.82. The number of carbonyl (C=O) groups is 1. The van der Waals surface area contributed by atoms with Crippen molar-refractivity contribution in [1.82, 2.24) is 4.98 Å². The van der Waals surface area contributed by atoms with Crippen LogP contribution in [0.15, 0.2) is 21.9 Å². The molecular formula is C13H16N2O3S. The van der Waals surface area contributed by atoms with Crippen LogP contribution >= 0.6 is 11.3 Å².